The summed E-state index contributed by atoms with van der Waals surface area (Å²) >= 11 is 4.57. The number of amides is 1. The highest BCUT2D eigenvalue weighted by Gasteiger charge is 2.13. The van der Waals surface area contributed by atoms with Crippen LogP contribution in [-0.4, -0.2) is 5.91 Å². The van der Waals surface area contributed by atoms with E-state index in [-0.39, 0.29) is 11.3 Å². The molecule has 0 radical (unpaired) electrons. The SMILES string of the molecule is Cc1cc(F)c(NC(=O)c2csc(Br)c2)cc1F. The molecule has 0 unspecified atom stereocenters. The molecule has 0 aliphatic heterocycles. The molecule has 1 N–H and O–H groups in total. The fraction of sp³-hybridized carbons (Fsp3) is 0.0833. The van der Waals surface area contributed by atoms with E-state index in [9.17, 15) is 13.6 Å². The van der Waals surface area contributed by atoms with Crippen LogP contribution in [0.4, 0.5) is 14.5 Å². The van der Waals surface area contributed by atoms with Crippen LogP contribution in [0.5, 0.6) is 0 Å². The van der Waals surface area contributed by atoms with Crippen molar-refractivity contribution in [2.75, 3.05) is 5.32 Å². The van der Waals surface area contributed by atoms with E-state index in [1.54, 1.807) is 11.4 Å². The quantitative estimate of drug-likeness (QED) is 0.870. The Hall–Kier alpha value is -1.27. The van der Waals surface area contributed by atoms with Crippen LogP contribution in [0.15, 0.2) is 27.4 Å². The minimum absolute atomic E-state index is 0.162. The molecule has 0 spiro atoms. The van der Waals surface area contributed by atoms with Crippen LogP contribution in [0.3, 0.4) is 0 Å². The molecule has 0 aliphatic rings. The molecular weight excluding hydrogens is 324 g/mol. The van der Waals surface area contributed by atoms with E-state index in [1.807, 2.05) is 0 Å². The maximum Gasteiger partial charge on any atom is 0.256 e. The zero-order valence-electron chi connectivity index (χ0n) is 9.26. The number of carbonyl (C=O) groups excluding carboxylic acids is 1. The molecule has 18 heavy (non-hydrogen) atoms. The third kappa shape index (κ3) is 2.76. The second kappa shape index (κ2) is 5.16. The van der Waals surface area contributed by atoms with Crippen molar-refractivity contribution in [3.05, 3.63) is 50.1 Å². The highest BCUT2D eigenvalue weighted by Crippen LogP contribution is 2.23. The summed E-state index contributed by atoms with van der Waals surface area (Å²) in [4.78, 5) is 11.8. The van der Waals surface area contributed by atoms with Crippen molar-refractivity contribution in [1.82, 2.24) is 0 Å². The number of aryl methyl sites for hydroxylation is 1. The van der Waals surface area contributed by atoms with Gasteiger partial charge in [0.05, 0.1) is 15.0 Å². The van der Waals surface area contributed by atoms with Gasteiger partial charge < -0.3 is 5.32 Å². The van der Waals surface area contributed by atoms with Crippen LogP contribution in [0, 0.1) is 18.6 Å². The molecule has 1 heterocycles. The maximum absolute atomic E-state index is 13.5. The summed E-state index contributed by atoms with van der Waals surface area (Å²) in [7, 11) is 0. The van der Waals surface area contributed by atoms with Gasteiger partial charge in [0.15, 0.2) is 0 Å². The third-order valence-electron chi connectivity index (χ3n) is 2.33. The van der Waals surface area contributed by atoms with Crippen molar-refractivity contribution in [3.63, 3.8) is 0 Å². The summed E-state index contributed by atoms with van der Waals surface area (Å²) in [6.45, 7) is 1.46. The Kier molecular flexibility index (Phi) is 3.77. The molecule has 6 heteroatoms. The van der Waals surface area contributed by atoms with Crippen LogP contribution in [-0.2, 0) is 0 Å². The van der Waals surface area contributed by atoms with Crippen LogP contribution >= 0.6 is 27.3 Å². The molecule has 1 aromatic heterocycles. The average molecular weight is 332 g/mol. The Balaban J connectivity index is 2.24. The monoisotopic (exact) mass is 331 g/mol. The molecule has 94 valence electrons. The minimum atomic E-state index is -0.656. The van der Waals surface area contributed by atoms with E-state index in [0.717, 1.165) is 15.9 Å². The standard InChI is InChI=1S/C12H8BrF2NOS/c1-6-2-9(15)10(4-8(6)14)16-12(17)7-3-11(13)18-5-7/h2-5H,1H3,(H,16,17). The predicted octanol–water partition coefficient (Wildman–Crippen LogP) is 4.35. The summed E-state index contributed by atoms with van der Waals surface area (Å²) in [5.74, 6) is -1.69. The molecule has 0 saturated heterocycles. The molecule has 0 atom stereocenters. The van der Waals surface area contributed by atoms with Gasteiger partial charge in [0.2, 0.25) is 0 Å². The molecule has 2 aromatic rings. The topological polar surface area (TPSA) is 29.1 Å². The van der Waals surface area contributed by atoms with Gasteiger partial charge in [0.1, 0.15) is 11.6 Å². The van der Waals surface area contributed by atoms with Crippen LogP contribution < -0.4 is 5.32 Å². The van der Waals surface area contributed by atoms with Crippen LogP contribution in [0.25, 0.3) is 0 Å². The lowest BCUT2D eigenvalue weighted by Gasteiger charge is -2.06. The summed E-state index contributed by atoms with van der Waals surface area (Å²) in [6.07, 6.45) is 0. The normalized spacial score (nSPS) is 10.4. The zero-order chi connectivity index (χ0) is 13.3. The van der Waals surface area contributed by atoms with Crippen molar-refractivity contribution < 1.29 is 13.6 Å². The van der Waals surface area contributed by atoms with Crippen molar-refractivity contribution in [2.24, 2.45) is 0 Å². The number of halogens is 3. The van der Waals surface area contributed by atoms with Gasteiger partial charge in [-0.25, -0.2) is 8.78 Å². The number of carbonyl (C=O) groups is 1. The van der Waals surface area contributed by atoms with E-state index in [4.69, 9.17) is 0 Å². The van der Waals surface area contributed by atoms with E-state index in [1.165, 1.54) is 18.3 Å². The van der Waals surface area contributed by atoms with E-state index in [0.29, 0.717) is 5.56 Å². The predicted molar refractivity (Wildman–Crippen MR) is 71.1 cm³/mol. The Bertz CT molecular complexity index is 612. The largest absolute Gasteiger partial charge is 0.319 e. The summed E-state index contributed by atoms with van der Waals surface area (Å²) < 4.78 is 27.6. The highest BCUT2D eigenvalue weighted by molar-refractivity contribution is 9.11. The molecule has 0 aliphatic carbocycles. The first-order valence-electron chi connectivity index (χ1n) is 4.98. The van der Waals surface area contributed by atoms with Gasteiger partial charge >= 0.3 is 0 Å². The maximum atomic E-state index is 13.5. The lowest BCUT2D eigenvalue weighted by Crippen LogP contribution is -2.12. The van der Waals surface area contributed by atoms with E-state index in [2.05, 4.69) is 21.2 Å². The Morgan fingerprint density at radius 1 is 1.28 bits per heavy atom. The van der Waals surface area contributed by atoms with Crippen molar-refractivity contribution in [1.29, 1.82) is 0 Å². The number of anilines is 1. The molecule has 0 bridgehead atoms. The average Bonchev–Trinajstić information content (AvgIpc) is 2.73. The molecular formula is C12H8BrF2NOS. The van der Waals surface area contributed by atoms with Gasteiger partial charge in [0, 0.05) is 11.4 Å². The fourth-order valence-corrected chi connectivity index (χ4v) is 2.50. The van der Waals surface area contributed by atoms with Crippen molar-refractivity contribution >= 4 is 38.9 Å². The van der Waals surface area contributed by atoms with Crippen LogP contribution in [0.1, 0.15) is 15.9 Å². The smallest absolute Gasteiger partial charge is 0.256 e. The first-order valence-corrected chi connectivity index (χ1v) is 6.65. The molecule has 2 nitrogen and oxygen atoms in total. The van der Waals surface area contributed by atoms with Gasteiger partial charge in [0.25, 0.3) is 5.91 Å². The van der Waals surface area contributed by atoms with Gasteiger partial charge in [-0.3, -0.25) is 4.79 Å². The van der Waals surface area contributed by atoms with Crippen LogP contribution in [0.2, 0.25) is 0 Å². The van der Waals surface area contributed by atoms with Crippen molar-refractivity contribution in [2.45, 2.75) is 6.92 Å². The second-order valence-corrected chi connectivity index (χ2v) is 5.97. The summed E-state index contributed by atoms with van der Waals surface area (Å²) in [6, 6.07) is 3.64. The minimum Gasteiger partial charge on any atom is -0.319 e. The Morgan fingerprint density at radius 2 is 2.00 bits per heavy atom. The first kappa shape index (κ1) is 13.2. The van der Waals surface area contributed by atoms with Gasteiger partial charge in [-0.1, -0.05) is 0 Å². The number of benzene rings is 1. The lowest BCUT2D eigenvalue weighted by molar-refractivity contribution is 0.102. The Labute approximate surface area is 115 Å². The fourth-order valence-electron chi connectivity index (χ4n) is 1.37. The number of thiophene rings is 1. The molecule has 2 rings (SSSR count). The van der Waals surface area contributed by atoms with Gasteiger partial charge in [-0.15, -0.1) is 11.3 Å². The third-order valence-corrected chi connectivity index (χ3v) is 3.83. The summed E-state index contributed by atoms with van der Waals surface area (Å²) in [5, 5.41) is 3.97. The summed E-state index contributed by atoms with van der Waals surface area (Å²) in [5.41, 5.74) is 0.432. The first-order chi connectivity index (χ1) is 8.47. The second-order valence-electron chi connectivity index (χ2n) is 3.67. The number of nitrogens with one attached hydrogen (secondary N) is 1. The van der Waals surface area contributed by atoms with Gasteiger partial charge in [-0.2, -0.15) is 0 Å². The highest BCUT2D eigenvalue weighted by atomic mass is 79.9. The molecule has 0 fully saturated rings. The zero-order valence-corrected chi connectivity index (χ0v) is 11.7. The van der Waals surface area contributed by atoms with Gasteiger partial charge in [-0.05, 0) is 40.5 Å². The van der Waals surface area contributed by atoms with E-state index >= 15 is 0 Å². The Morgan fingerprint density at radius 3 is 2.61 bits per heavy atom. The number of rotatable bonds is 2. The van der Waals surface area contributed by atoms with E-state index < -0.39 is 17.5 Å². The molecule has 1 amide bonds. The molecule has 1 aromatic carbocycles. The number of hydrogen-bond acceptors (Lipinski definition) is 2. The molecule has 0 saturated carbocycles. The number of hydrogen-bond donors (Lipinski definition) is 1. The van der Waals surface area contributed by atoms with Crippen molar-refractivity contribution in [3.8, 4) is 0 Å². The lowest BCUT2D eigenvalue weighted by atomic mass is 10.2.